The zero-order chi connectivity index (χ0) is 48.0. The molecule has 2 atom stereocenters. The summed E-state index contributed by atoms with van der Waals surface area (Å²) in [6, 6.07) is 19.7. The number of thiazole rings is 1. The number of likely N-dealkylation sites (tertiary alicyclic amines) is 1. The van der Waals surface area contributed by atoms with E-state index < -0.39 is 34.2 Å². The molecule has 2 heterocycles. The van der Waals surface area contributed by atoms with Gasteiger partial charge in [-0.2, -0.15) is 5.26 Å². The van der Waals surface area contributed by atoms with Crippen molar-refractivity contribution in [2.24, 2.45) is 16.2 Å². The maximum Gasteiger partial charge on any atom is 0.251 e. The van der Waals surface area contributed by atoms with Crippen molar-refractivity contribution in [2.45, 2.75) is 105 Å². The SMILES string of the molecule is Cc1ncsc1-c1ccc(CNC(=O)[C@@H]2CCCN2C(=O)[C@@H](NC(=O)COCCCNC(=O)c2ccc(C(=O)N[C@H]3C(C)(C)[C@H](Oc4ccc(C#N)c(Cl)c4)C3(C)C)cc2)C(C)(C)C)cc1. The van der Waals surface area contributed by atoms with E-state index >= 15 is 0 Å². The molecule has 16 heteroatoms. The Kier molecular flexibility index (Phi) is 15.6. The first-order chi connectivity index (χ1) is 31.2. The smallest absolute Gasteiger partial charge is 0.251 e. The number of hydrogen-bond donors (Lipinski definition) is 4. The van der Waals surface area contributed by atoms with Crippen molar-refractivity contribution in [3.8, 4) is 22.3 Å². The number of benzene rings is 3. The van der Waals surface area contributed by atoms with Gasteiger partial charge in [0.05, 0.1) is 26.7 Å². The molecule has 0 spiro atoms. The standard InChI is InChI=1S/C50H60ClN7O7S/c1-30-40(66-29-55-30)32-14-12-31(13-15-32)27-54-44(62)38-11-9-23-58(38)45(63)41(48(2,3)4)56-39(59)28-64-24-10-22-53-42(60)33-16-18-34(19-17-33)43(61)57-46-49(5,6)47(50(46,7)8)65-36-21-20-35(26-52)37(51)25-36/h12-21,25,29,38,41,46-47H,9-11,22-24,27-28H2,1-8H3,(H,53,60)(H,54,62)(H,56,59)(H,57,61)/t38-,41+,46-,47-/m0/s1. The number of hydrogen-bond acceptors (Lipinski definition) is 10. The van der Waals surface area contributed by atoms with Gasteiger partial charge in [0, 0.05) is 60.3 Å². The summed E-state index contributed by atoms with van der Waals surface area (Å²) in [5, 5.41) is 21.4. The first-order valence-corrected chi connectivity index (χ1v) is 23.5. The van der Waals surface area contributed by atoms with Gasteiger partial charge in [-0.25, -0.2) is 4.98 Å². The first-order valence-electron chi connectivity index (χ1n) is 22.2. The molecule has 350 valence electrons. The van der Waals surface area contributed by atoms with Crippen LogP contribution in [0.25, 0.3) is 10.4 Å². The van der Waals surface area contributed by atoms with Crippen LogP contribution >= 0.6 is 22.9 Å². The highest BCUT2D eigenvalue weighted by Gasteiger charge is 2.64. The molecular formula is C50H60ClN7O7S. The molecule has 14 nitrogen and oxygen atoms in total. The summed E-state index contributed by atoms with van der Waals surface area (Å²) in [5.41, 5.74) is 4.46. The molecule has 3 aromatic carbocycles. The zero-order valence-electron chi connectivity index (χ0n) is 38.9. The van der Waals surface area contributed by atoms with E-state index in [1.165, 1.54) is 0 Å². The van der Waals surface area contributed by atoms with Crippen LogP contribution in [0.15, 0.2) is 72.2 Å². The molecule has 1 saturated heterocycles. The second-order valence-corrected chi connectivity index (χ2v) is 20.5. The summed E-state index contributed by atoms with van der Waals surface area (Å²) < 4.78 is 11.9. The first kappa shape index (κ1) is 49.6. The van der Waals surface area contributed by atoms with Crippen LogP contribution in [0, 0.1) is 34.5 Å². The number of amides is 5. The van der Waals surface area contributed by atoms with Crippen LogP contribution in [0.3, 0.4) is 0 Å². The van der Waals surface area contributed by atoms with Crippen LogP contribution in [0.2, 0.25) is 5.02 Å². The van der Waals surface area contributed by atoms with Gasteiger partial charge in [-0.15, -0.1) is 11.3 Å². The number of aryl methyl sites for hydroxylation is 1. The van der Waals surface area contributed by atoms with Crippen LogP contribution in [0.4, 0.5) is 0 Å². The Morgan fingerprint density at radius 2 is 1.62 bits per heavy atom. The zero-order valence-corrected chi connectivity index (χ0v) is 40.5. The van der Waals surface area contributed by atoms with Crippen LogP contribution in [0.5, 0.6) is 5.75 Å². The number of nitrogens with one attached hydrogen (secondary N) is 4. The van der Waals surface area contributed by atoms with Gasteiger partial charge in [0.25, 0.3) is 11.8 Å². The van der Waals surface area contributed by atoms with Gasteiger partial charge >= 0.3 is 0 Å². The topological polar surface area (TPSA) is 192 Å². The molecule has 6 rings (SSSR count). The minimum Gasteiger partial charge on any atom is -0.489 e. The van der Waals surface area contributed by atoms with E-state index in [0.29, 0.717) is 59.8 Å². The van der Waals surface area contributed by atoms with Crippen molar-refractivity contribution in [3.63, 3.8) is 0 Å². The Balaban J connectivity index is 0.902. The Morgan fingerprint density at radius 1 is 0.955 bits per heavy atom. The molecule has 1 aliphatic heterocycles. The molecule has 4 N–H and O–H groups in total. The number of aromatic nitrogens is 1. The molecule has 2 aliphatic rings. The molecule has 1 aromatic heterocycles. The Morgan fingerprint density at radius 3 is 2.23 bits per heavy atom. The van der Waals surface area contributed by atoms with Gasteiger partial charge in [-0.3, -0.25) is 24.0 Å². The van der Waals surface area contributed by atoms with Gasteiger partial charge < -0.3 is 35.6 Å². The number of carbonyl (C=O) groups is 5. The van der Waals surface area contributed by atoms with E-state index in [4.69, 9.17) is 21.1 Å². The normalized spacial score (nSPS) is 18.8. The van der Waals surface area contributed by atoms with Gasteiger partial charge in [-0.1, -0.05) is 84.3 Å². The van der Waals surface area contributed by atoms with Crippen molar-refractivity contribution in [1.82, 2.24) is 31.2 Å². The highest BCUT2D eigenvalue weighted by Crippen LogP contribution is 2.55. The quantitative estimate of drug-likeness (QED) is 0.0791. The number of nitriles is 1. The Bertz CT molecular complexity index is 2440. The van der Waals surface area contributed by atoms with Crippen molar-refractivity contribution in [2.75, 3.05) is 26.3 Å². The van der Waals surface area contributed by atoms with Crippen LogP contribution in [0.1, 0.15) is 105 Å². The maximum atomic E-state index is 13.9. The number of ether oxygens (including phenoxy) is 2. The van der Waals surface area contributed by atoms with Crippen molar-refractivity contribution >= 4 is 52.5 Å². The molecule has 0 unspecified atom stereocenters. The Hall–Kier alpha value is -5.82. The minimum absolute atomic E-state index is 0.184. The molecule has 2 fully saturated rings. The lowest BCUT2D eigenvalue weighted by Crippen LogP contribution is -2.74. The fourth-order valence-corrected chi connectivity index (χ4v) is 10.2. The molecule has 0 radical (unpaired) electrons. The number of carbonyl (C=O) groups excluding carboxylic acids is 5. The van der Waals surface area contributed by atoms with E-state index in [-0.39, 0.29) is 55.5 Å². The lowest BCUT2D eigenvalue weighted by atomic mass is 9.49. The summed E-state index contributed by atoms with van der Waals surface area (Å²) >= 11 is 7.81. The van der Waals surface area contributed by atoms with E-state index in [9.17, 15) is 29.2 Å². The van der Waals surface area contributed by atoms with E-state index in [0.717, 1.165) is 21.7 Å². The number of nitrogens with zero attached hydrogens (tertiary/aromatic N) is 3. The predicted molar refractivity (Wildman–Crippen MR) is 254 cm³/mol. The minimum atomic E-state index is -0.882. The average Bonchev–Trinajstić information content (AvgIpc) is 3.96. The largest absolute Gasteiger partial charge is 0.489 e. The summed E-state index contributed by atoms with van der Waals surface area (Å²) in [5.74, 6) is -1.04. The molecule has 1 aliphatic carbocycles. The Labute approximate surface area is 396 Å². The van der Waals surface area contributed by atoms with E-state index in [2.05, 4.69) is 26.3 Å². The lowest BCUT2D eigenvalue weighted by Gasteiger charge is -2.63. The van der Waals surface area contributed by atoms with E-state index in [1.807, 2.05) is 91.2 Å². The van der Waals surface area contributed by atoms with Crippen LogP contribution in [-0.2, 0) is 25.7 Å². The number of halogens is 1. The van der Waals surface area contributed by atoms with Gasteiger partial charge in [0.1, 0.15) is 36.6 Å². The molecule has 5 amide bonds. The average molecular weight is 939 g/mol. The van der Waals surface area contributed by atoms with Gasteiger partial charge in [0.15, 0.2) is 0 Å². The van der Waals surface area contributed by atoms with E-state index in [1.54, 1.807) is 58.7 Å². The lowest BCUT2D eigenvalue weighted by molar-refractivity contribution is -0.164. The fraction of sp³-hybridized carbons (Fsp3) is 0.460. The highest BCUT2D eigenvalue weighted by atomic mass is 35.5. The predicted octanol–water partition coefficient (Wildman–Crippen LogP) is 7.23. The number of rotatable bonds is 17. The fourth-order valence-electron chi connectivity index (χ4n) is 9.21. The van der Waals surface area contributed by atoms with Gasteiger partial charge in [-0.05, 0) is 79.1 Å². The van der Waals surface area contributed by atoms with Crippen molar-refractivity contribution < 1.29 is 33.4 Å². The summed E-state index contributed by atoms with van der Waals surface area (Å²) in [6.45, 7) is 16.6. The summed E-state index contributed by atoms with van der Waals surface area (Å²) in [7, 11) is 0. The second kappa shape index (κ2) is 20.8. The monoisotopic (exact) mass is 937 g/mol. The third-order valence-electron chi connectivity index (χ3n) is 12.5. The molecule has 66 heavy (non-hydrogen) atoms. The highest BCUT2D eigenvalue weighted by molar-refractivity contribution is 7.13. The molecule has 1 saturated carbocycles. The third kappa shape index (κ3) is 11.4. The summed E-state index contributed by atoms with van der Waals surface area (Å²) in [6.07, 6.45) is 1.39. The molecule has 4 aromatic rings. The van der Waals surface area contributed by atoms with Crippen LogP contribution < -0.4 is 26.0 Å². The summed E-state index contributed by atoms with van der Waals surface area (Å²) in [4.78, 5) is 73.7. The molecular weight excluding hydrogens is 878 g/mol. The maximum absolute atomic E-state index is 13.9. The van der Waals surface area contributed by atoms with Crippen molar-refractivity contribution in [3.05, 3.63) is 105 Å². The second-order valence-electron chi connectivity index (χ2n) is 19.3. The molecule has 0 bridgehead atoms. The van der Waals surface area contributed by atoms with Crippen molar-refractivity contribution in [1.29, 1.82) is 5.26 Å². The van der Waals surface area contributed by atoms with Gasteiger partial charge in [0.2, 0.25) is 17.7 Å². The van der Waals surface area contributed by atoms with Crippen LogP contribution in [-0.4, -0.2) is 90.0 Å². The third-order valence-corrected chi connectivity index (χ3v) is 13.8.